The molecule has 1 aromatic rings. The molecule has 1 aliphatic heterocycles. The van der Waals surface area contributed by atoms with Crippen LogP contribution in [0.2, 0.25) is 0 Å². The van der Waals surface area contributed by atoms with Gasteiger partial charge in [-0.1, -0.05) is 22.0 Å². The minimum absolute atomic E-state index is 0.377. The normalized spacial score (nSPS) is 16.2. The number of benzene rings is 1. The van der Waals surface area contributed by atoms with Gasteiger partial charge in [-0.3, -0.25) is 14.5 Å². The van der Waals surface area contributed by atoms with Crippen LogP contribution in [0.25, 0.3) is 0 Å². The smallest absolute Gasteiger partial charge is 0.263 e. The summed E-state index contributed by atoms with van der Waals surface area (Å²) >= 11 is 3.23. The highest BCUT2D eigenvalue weighted by Crippen LogP contribution is 2.24. The molecule has 6 heteroatoms. The first-order valence-electron chi connectivity index (χ1n) is 4.44. The van der Waals surface area contributed by atoms with E-state index in [0.717, 1.165) is 14.3 Å². The molecule has 4 amide bonds. The molecule has 16 heavy (non-hydrogen) atoms. The van der Waals surface area contributed by atoms with Crippen LogP contribution in [-0.2, 0) is 9.59 Å². The highest BCUT2D eigenvalue weighted by molar-refractivity contribution is 9.10. The molecule has 0 bridgehead atoms. The third-order valence-corrected chi connectivity index (χ3v) is 2.73. The lowest BCUT2D eigenvalue weighted by Gasteiger charge is -2.12. The Morgan fingerprint density at radius 2 is 1.81 bits per heavy atom. The summed E-state index contributed by atoms with van der Waals surface area (Å²) < 4.78 is 0.729. The number of urea groups is 1. The van der Waals surface area contributed by atoms with Gasteiger partial charge in [-0.2, -0.15) is 0 Å². The largest absolute Gasteiger partial charge is 0.338 e. The van der Waals surface area contributed by atoms with Crippen molar-refractivity contribution < 1.29 is 14.4 Å². The third kappa shape index (κ3) is 1.51. The van der Waals surface area contributed by atoms with Crippen LogP contribution in [0.1, 0.15) is 0 Å². The van der Waals surface area contributed by atoms with Crippen molar-refractivity contribution in [3.05, 3.63) is 28.7 Å². The van der Waals surface area contributed by atoms with E-state index in [0.29, 0.717) is 5.69 Å². The van der Waals surface area contributed by atoms with Gasteiger partial charge in [0, 0.05) is 11.5 Å². The van der Waals surface area contributed by atoms with E-state index >= 15 is 0 Å². The van der Waals surface area contributed by atoms with Gasteiger partial charge in [-0.05, 0) is 18.2 Å². The van der Waals surface area contributed by atoms with E-state index in [1.54, 1.807) is 24.3 Å². The van der Waals surface area contributed by atoms with E-state index in [9.17, 15) is 14.4 Å². The van der Waals surface area contributed by atoms with Crippen LogP contribution >= 0.6 is 15.9 Å². The van der Waals surface area contributed by atoms with E-state index in [4.69, 9.17) is 0 Å². The molecular weight excluding hydrogens is 276 g/mol. The molecule has 1 heterocycles. The Hall–Kier alpha value is -1.69. The first-order chi connectivity index (χ1) is 7.52. The van der Waals surface area contributed by atoms with Crippen LogP contribution in [-0.4, -0.2) is 29.8 Å². The predicted molar refractivity (Wildman–Crippen MR) is 59.8 cm³/mol. The zero-order valence-corrected chi connectivity index (χ0v) is 9.89. The van der Waals surface area contributed by atoms with Gasteiger partial charge in [-0.25, -0.2) is 9.69 Å². The predicted octanol–water partition coefficient (Wildman–Crippen LogP) is 1.37. The molecule has 1 aliphatic rings. The van der Waals surface area contributed by atoms with Gasteiger partial charge in [-0.15, -0.1) is 0 Å². The quantitative estimate of drug-likeness (QED) is 0.578. The minimum Gasteiger partial charge on any atom is -0.263 e. The third-order valence-electron chi connectivity index (χ3n) is 2.24. The highest BCUT2D eigenvalue weighted by atomic mass is 79.9. The molecule has 1 aromatic carbocycles. The van der Waals surface area contributed by atoms with Crippen molar-refractivity contribution in [1.29, 1.82) is 0 Å². The van der Waals surface area contributed by atoms with E-state index < -0.39 is 17.8 Å². The molecule has 0 aliphatic carbocycles. The number of anilines is 1. The number of nitrogens with zero attached hydrogens (tertiary/aromatic N) is 2. The molecule has 0 aromatic heterocycles. The van der Waals surface area contributed by atoms with Crippen LogP contribution in [0.5, 0.6) is 0 Å². The average molecular weight is 283 g/mol. The van der Waals surface area contributed by atoms with Crippen molar-refractivity contribution in [3.8, 4) is 0 Å². The number of hydrogen-bond acceptors (Lipinski definition) is 3. The molecule has 1 saturated heterocycles. The molecule has 0 atom stereocenters. The number of amides is 4. The number of hydrogen-bond donors (Lipinski definition) is 0. The summed E-state index contributed by atoms with van der Waals surface area (Å²) in [7, 11) is 1.28. The molecule has 0 unspecified atom stereocenters. The van der Waals surface area contributed by atoms with E-state index in [-0.39, 0.29) is 0 Å². The lowest BCUT2D eigenvalue weighted by molar-refractivity contribution is -0.138. The summed E-state index contributed by atoms with van der Waals surface area (Å²) in [6.07, 6.45) is 0. The molecule has 5 nitrogen and oxygen atoms in total. The van der Waals surface area contributed by atoms with Crippen molar-refractivity contribution in [2.24, 2.45) is 0 Å². The van der Waals surface area contributed by atoms with Crippen molar-refractivity contribution >= 4 is 39.5 Å². The second kappa shape index (κ2) is 3.71. The number of likely N-dealkylation sites (N-methyl/N-ethyl adjacent to an activating group) is 1. The van der Waals surface area contributed by atoms with Crippen LogP contribution in [0, 0.1) is 0 Å². The first-order valence-corrected chi connectivity index (χ1v) is 5.23. The number of carbonyl (C=O) groups is 3. The fourth-order valence-corrected chi connectivity index (χ4v) is 1.79. The summed E-state index contributed by atoms with van der Waals surface area (Å²) in [5, 5.41) is 0. The van der Waals surface area contributed by atoms with Crippen molar-refractivity contribution in [3.63, 3.8) is 0 Å². The summed E-state index contributed by atoms with van der Waals surface area (Å²) in [6, 6.07) is 6.01. The van der Waals surface area contributed by atoms with Crippen LogP contribution in [0.4, 0.5) is 10.5 Å². The van der Waals surface area contributed by atoms with Crippen molar-refractivity contribution in [1.82, 2.24) is 4.90 Å². The summed E-state index contributed by atoms with van der Waals surface area (Å²) in [6.45, 7) is 0. The Morgan fingerprint density at radius 3 is 2.31 bits per heavy atom. The fraction of sp³-hybridized carbons (Fsp3) is 0.100. The standard InChI is InChI=1S/C10H7BrN2O3/c1-12-8(14)9(15)13(10(12)16)7-4-2-3-6(11)5-7/h2-5H,1H3. The zero-order valence-electron chi connectivity index (χ0n) is 8.31. The number of rotatable bonds is 1. The summed E-state index contributed by atoms with van der Waals surface area (Å²) in [5.41, 5.74) is 0.377. The molecule has 0 radical (unpaired) electrons. The van der Waals surface area contributed by atoms with Gasteiger partial charge in [0.1, 0.15) is 0 Å². The van der Waals surface area contributed by atoms with E-state index in [1.807, 2.05) is 0 Å². The lowest BCUT2D eigenvalue weighted by Crippen LogP contribution is -2.31. The number of carbonyl (C=O) groups excluding carboxylic acids is 3. The van der Waals surface area contributed by atoms with Gasteiger partial charge in [0.2, 0.25) is 0 Å². The highest BCUT2D eigenvalue weighted by Gasteiger charge is 2.43. The summed E-state index contributed by atoms with van der Waals surface area (Å²) in [5.74, 6) is -1.64. The Balaban J connectivity index is 2.46. The second-order valence-electron chi connectivity index (χ2n) is 3.27. The van der Waals surface area contributed by atoms with Crippen molar-refractivity contribution in [2.45, 2.75) is 0 Å². The Kier molecular flexibility index (Phi) is 2.51. The van der Waals surface area contributed by atoms with Crippen LogP contribution < -0.4 is 4.90 Å². The van der Waals surface area contributed by atoms with Gasteiger partial charge in [0.25, 0.3) is 0 Å². The molecule has 1 fully saturated rings. The van der Waals surface area contributed by atoms with Crippen LogP contribution in [0.3, 0.4) is 0 Å². The lowest BCUT2D eigenvalue weighted by atomic mass is 10.3. The monoisotopic (exact) mass is 282 g/mol. The Labute approximate surface area is 99.8 Å². The van der Waals surface area contributed by atoms with Gasteiger partial charge < -0.3 is 0 Å². The van der Waals surface area contributed by atoms with Crippen molar-refractivity contribution in [2.75, 3.05) is 11.9 Å². The Bertz CT molecular complexity index is 501. The maximum atomic E-state index is 11.6. The van der Waals surface area contributed by atoms with Crippen LogP contribution in [0.15, 0.2) is 28.7 Å². The minimum atomic E-state index is -0.828. The zero-order chi connectivity index (χ0) is 11.9. The second-order valence-corrected chi connectivity index (χ2v) is 4.18. The molecular formula is C10H7BrN2O3. The molecule has 82 valence electrons. The van der Waals surface area contributed by atoms with Gasteiger partial charge in [0.05, 0.1) is 5.69 Å². The van der Waals surface area contributed by atoms with Gasteiger partial charge >= 0.3 is 17.8 Å². The average Bonchev–Trinajstić information content (AvgIpc) is 2.44. The summed E-state index contributed by atoms with van der Waals surface area (Å²) in [4.78, 5) is 36.1. The van der Waals surface area contributed by atoms with E-state index in [2.05, 4.69) is 15.9 Å². The topological polar surface area (TPSA) is 57.7 Å². The van der Waals surface area contributed by atoms with Gasteiger partial charge in [0.15, 0.2) is 0 Å². The maximum absolute atomic E-state index is 11.6. The van der Waals surface area contributed by atoms with E-state index in [1.165, 1.54) is 7.05 Å². The maximum Gasteiger partial charge on any atom is 0.338 e. The Morgan fingerprint density at radius 1 is 1.12 bits per heavy atom. The molecule has 0 spiro atoms. The molecule has 2 rings (SSSR count). The fourth-order valence-electron chi connectivity index (χ4n) is 1.41. The molecule has 0 saturated carbocycles. The number of imide groups is 2. The number of halogens is 1. The molecule has 0 N–H and O–H groups in total. The SMILES string of the molecule is CN1C(=O)C(=O)N(c2cccc(Br)c2)C1=O. The first kappa shape index (κ1) is 10.8.